The van der Waals surface area contributed by atoms with Crippen LogP contribution in [0.25, 0.3) is 16.9 Å². The van der Waals surface area contributed by atoms with E-state index in [0.29, 0.717) is 18.0 Å². The second-order valence-corrected chi connectivity index (χ2v) is 6.05. The molecule has 1 atom stereocenters. The zero-order valence-corrected chi connectivity index (χ0v) is 15.2. The highest BCUT2D eigenvalue weighted by Gasteiger charge is 2.26. The van der Waals surface area contributed by atoms with E-state index in [1.165, 1.54) is 25.6 Å². The smallest absolute Gasteiger partial charge is 0.333 e. The maximum atomic E-state index is 13.1. The van der Waals surface area contributed by atoms with Gasteiger partial charge in [-0.2, -0.15) is 4.98 Å². The van der Waals surface area contributed by atoms with Crippen molar-refractivity contribution in [1.82, 2.24) is 23.1 Å². The van der Waals surface area contributed by atoms with Gasteiger partial charge >= 0.3 is 11.7 Å². The van der Waals surface area contributed by atoms with Gasteiger partial charge in [0.1, 0.15) is 6.04 Å². The van der Waals surface area contributed by atoms with E-state index in [1.54, 1.807) is 4.40 Å². The van der Waals surface area contributed by atoms with Crippen LogP contribution in [0.1, 0.15) is 31.3 Å². The summed E-state index contributed by atoms with van der Waals surface area (Å²) >= 11 is 0. The van der Waals surface area contributed by atoms with E-state index in [9.17, 15) is 14.4 Å². The summed E-state index contributed by atoms with van der Waals surface area (Å²) in [6.45, 7) is 7.99. The molecule has 0 fully saturated rings. The zero-order chi connectivity index (χ0) is 18.6. The predicted molar refractivity (Wildman–Crippen MR) is 92.1 cm³/mol. The molecule has 134 valence electrons. The van der Waals surface area contributed by atoms with E-state index >= 15 is 0 Å². The van der Waals surface area contributed by atoms with Crippen molar-refractivity contribution in [1.29, 1.82) is 0 Å². The van der Waals surface area contributed by atoms with Gasteiger partial charge in [-0.1, -0.05) is 0 Å². The van der Waals surface area contributed by atoms with Crippen molar-refractivity contribution in [2.45, 2.75) is 40.3 Å². The summed E-state index contributed by atoms with van der Waals surface area (Å²) in [5.41, 5.74) is 1.28. The lowest BCUT2D eigenvalue weighted by Crippen LogP contribution is -2.43. The van der Waals surface area contributed by atoms with Crippen LogP contribution < -0.4 is 11.2 Å². The summed E-state index contributed by atoms with van der Waals surface area (Å²) in [5, 5.41) is 0. The highest BCUT2D eigenvalue weighted by Crippen LogP contribution is 2.20. The lowest BCUT2D eigenvalue weighted by atomic mass is 10.3. The van der Waals surface area contributed by atoms with Crippen LogP contribution in [0.15, 0.2) is 9.59 Å². The molecule has 0 aliphatic carbocycles. The number of hydrogen-bond donors (Lipinski definition) is 0. The minimum atomic E-state index is -1.03. The van der Waals surface area contributed by atoms with Crippen molar-refractivity contribution in [3.63, 3.8) is 0 Å². The Balaban J connectivity index is 2.55. The largest absolute Gasteiger partial charge is 0.467 e. The molecule has 0 aliphatic rings. The second kappa shape index (κ2) is 5.61. The van der Waals surface area contributed by atoms with Gasteiger partial charge in [0, 0.05) is 25.0 Å². The summed E-state index contributed by atoms with van der Waals surface area (Å²) < 4.78 is 10.6. The Bertz CT molecular complexity index is 1130. The summed E-state index contributed by atoms with van der Waals surface area (Å²) in [4.78, 5) is 42.1. The number of esters is 1. The molecular weight excluding hydrogens is 326 g/mol. The second-order valence-electron chi connectivity index (χ2n) is 6.05. The molecule has 0 aliphatic heterocycles. The van der Waals surface area contributed by atoms with Crippen molar-refractivity contribution in [3.05, 3.63) is 32.2 Å². The average molecular weight is 347 g/mol. The van der Waals surface area contributed by atoms with E-state index in [-0.39, 0.29) is 5.52 Å². The molecule has 9 heteroatoms. The maximum absolute atomic E-state index is 13.1. The molecule has 1 unspecified atom stereocenters. The Morgan fingerprint density at radius 1 is 1.24 bits per heavy atom. The highest BCUT2D eigenvalue weighted by atomic mass is 16.5. The minimum Gasteiger partial charge on any atom is -0.467 e. The predicted octanol–water partition coefficient (Wildman–Crippen LogP) is 0.520. The van der Waals surface area contributed by atoms with Gasteiger partial charge in [0.05, 0.1) is 7.11 Å². The number of methoxy groups -OCH3 is 1. The number of carbonyl (C=O) groups is 1. The fourth-order valence-electron chi connectivity index (χ4n) is 3.28. The first-order valence-corrected chi connectivity index (χ1v) is 8.03. The molecule has 0 radical (unpaired) electrons. The number of ether oxygens (including phenoxy) is 1. The van der Waals surface area contributed by atoms with E-state index < -0.39 is 23.3 Å². The monoisotopic (exact) mass is 347 g/mol. The molecular formula is C16H21N5O4. The van der Waals surface area contributed by atoms with E-state index in [0.717, 1.165) is 16.0 Å². The molecule has 0 aromatic carbocycles. The molecule has 0 spiro atoms. The van der Waals surface area contributed by atoms with Crippen LogP contribution in [0.5, 0.6) is 0 Å². The average Bonchev–Trinajstić information content (AvgIpc) is 3.08. The van der Waals surface area contributed by atoms with Crippen LogP contribution in [-0.4, -0.2) is 36.2 Å². The third-order valence-corrected chi connectivity index (χ3v) is 4.82. The molecule has 3 aromatic heterocycles. The van der Waals surface area contributed by atoms with Crippen LogP contribution in [0.3, 0.4) is 0 Å². The molecule has 3 rings (SSSR count). The number of carbonyl (C=O) groups excluding carboxylic acids is 1. The van der Waals surface area contributed by atoms with E-state index in [1.807, 2.05) is 25.3 Å². The lowest BCUT2D eigenvalue weighted by molar-refractivity contribution is -0.144. The lowest BCUT2D eigenvalue weighted by Gasteiger charge is -2.13. The van der Waals surface area contributed by atoms with E-state index in [2.05, 4.69) is 9.72 Å². The molecule has 0 N–H and O–H groups in total. The first-order valence-electron chi connectivity index (χ1n) is 8.03. The van der Waals surface area contributed by atoms with Crippen LogP contribution in [-0.2, 0) is 23.1 Å². The van der Waals surface area contributed by atoms with Crippen molar-refractivity contribution < 1.29 is 9.53 Å². The minimum absolute atomic E-state index is 0.278. The Hall–Kier alpha value is -2.84. The topological polar surface area (TPSA) is 92.5 Å². The number of rotatable bonds is 3. The molecule has 0 saturated carbocycles. The third-order valence-electron chi connectivity index (χ3n) is 4.82. The Kier molecular flexibility index (Phi) is 3.81. The molecule has 0 saturated heterocycles. The van der Waals surface area contributed by atoms with Gasteiger partial charge in [-0.05, 0) is 27.7 Å². The normalized spacial score (nSPS) is 12.9. The van der Waals surface area contributed by atoms with Gasteiger partial charge < -0.3 is 9.30 Å². The van der Waals surface area contributed by atoms with Crippen LogP contribution in [0, 0.1) is 13.8 Å². The van der Waals surface area contributed by atoms with E-state index in [4.69, 9.17) is 0 Å². The first-order chi connectivity index (χ1) is 11.8. The zero-order valence-electron chi connectivity index (χ0n) is 15.2. The third kappa shape index (κ3) is 2.08. The summed E-state index contributed by atoms with van der Waals surface area (Å²) in [5.74, 6) is -0.0542. The SMILES string of the molecule is CCn1c(C)c(C)n2c3c(=O)n(C(C)C(=O)OC)c(=O)n(C)c3nc12. The van der Waals surface area contributed by atoms with Crippen molar-refractivity contribution in [3.8, 4) is 0 Å². The Labute approximate surface area is 143 Å². The molecule has 25 heavy (non-hydrogen) atoms. The van der Waals surface area contributed by atoms with Crippen LogP contribution in [0.2, 0.25) is 0 Å². The number of aryl methyl sites for hydroxylation is 3. The Morgan fingerprint density at radius 3 is 2.44 bits per heavy atom. The fourth-order valence-corrected chi connectivity index (χ4v) is 3.28. The standard InChI is InChI=1S/C16H21N5O4/c1-7-19-8(2)9(3)20-11-12(17-15(19)20)18(5)16(24)21(13(11)22)10(4)14(23)25-6/h10H,7H2,1-6H3. The number of hydrogen-bond acceptors (Lipinski definition) is 5. The summed E-state index contributed by atoms with van der Waals surface area (Å²) in [6, 6.07) is -1.03. The number of imidazole rings is 2. The van der Waals surface area contributed by atoms with Crippen molar-refractivity contribution >= 4 is 22.9 Å². The van der Waals surface area contributed by atoms with Crippen molar-refractivity contribution in [2.75, 3.05) is 7.11 Å². The molecule has 0 amide bonds. The molecule has 9 nitrogen and oxygen atoms in total. The van der Waals surface area contributed by atoms with Gasteiger partial charge in [-0.15, -0.1) is 0 Å². The van der Waals surface area contributed by atoms with Crippen LogP contribution >= 0.6 is 0 Å². The fraction of sp³-hybridized carbons (Fsp3) is 0.500. The van der Waals surface area contributed by atoms with Gasteiger partial charge in [0.2, 0.25) is 5.78 Å². The molecule has 3 heterocycles. The van der Waals surface area contributed by atoms with Gasteiger partial charge in [-0.25, -0.2) is 14.2 Å². The van der Waals surface area contributed by atoms with Crippen molar-refractivity contribution in [2.24, 2.45) is 7.05 Å². The summed E-state index contributed by atoms with van der Waals surface area (Å²) in [6.07, 6.45) is 0. The van der Waals surface area contributed by atoms with Crippen LogP contribution in [0.4, 0.5) is 0 Å². The van der Waals surface area contributed by atoms with Gasteiger partial charge in [0.25, 0.3) is 5.56 Å². The highest BCUT2D eigenvalue weighted by molar-refractivity contribution is 5.78. The maximum Gasteiger partial charge on any atom is 0.333 e. The first kappa shape index (κ1) is 17.0. The quantitative estimate of drug-likeness (QED) is 0.644. The Morgan fingerprint density at radius 2 is 1.88 bits per heavy atom. The van der Waals surface area contributed by atoms with Gasteiger partial charge in [0.15, 0.2) is 11.2 Å². The van der Waals surface area contributed by atoms with Gasteiger partial charge in [-0.3, -0.25) is 13.8 Å². The number of aromatic nitrogens is 5. The summed E-state index contributed by atoms with van der Waals surface area (Å²) in [7, 11) is 2.76. The number of fused-ring (bicyclic) bond motifs is 3. The molecule has 3 aromatic rings. The number of nitrogens with zero attached hydrogens (tertiary/aromatic N) is 5. The molecule has 0 bridgehead atoms.